The summed E-state index contributed by atoms with van der Waals surface area (Å²) in [5.74, 6) is -0.216. The van der Waals surface area contributed by atoms with Crippen LogP contribution >= 0.6 is 0 Å². The number of sulfonamides is 1. The number of nitrogens with zero attached hydrogens (tertiary/aromatic N) is 2. The van der Waals surface area contributed by atoms with Gasteiger partial charge in [0.25, 0.3) is 5.56 Å². The second kappa shape index (κ2) is 10.1. The Balaban J connectivity index is 1.62. The van der Waals surface area contributed by atoms with Crippen LogP contribution in [0.25, 0.3) is 11.0 Å². The maximum atomic E-state index is 12.6. The molecule has 0 aliphatic rings. The van der Waals surface area contributed by atoms with Crippen molar-refractivity contribution >= 4 is 27.0 Å². The van der Waals surface area contributed by atoms with Crippen molar-refractivity contribution in [2.75, 3.05) is 13.1 Å². The third-order valence-corrected chi connectivity index (χ3v) is 7.42. The number of aryl methyl sites for hydroxylation is 1. The Morgan fingerprint density at radius 1 is 1.09 bits per heavy atom. The van der Waals surface area contributed by atoms with E-state index in [2.05, 4.69) is 15.3 Å². The van der Waals surface area contributed by atoms with Crippen molar-refractivity contribution < 1.29 is 13.2 Å². The number of benzene rings is 2. The van der Waals surface area contributed by atoms with E-state index in [0.717, 1.165) is 5.56 Å². The summed E-state index contributed by atoms with van der Waals surface area (Å²) in [5.41, 5.74) is 2.15. The van der Waals surface area contributed by atoms with Gasteiger partial charge in [-0.15, -0.1) is 0 Å². The van der Waals surface area contributed by atoms with Crippen molar-refractivity contribution in [1.82, 2.24) is 19.6 Å². The summed E-state index contributed by atoms with van der Waals surface area (Å²) in [6.45, 7) is 6.24. The number of aromatic nitrogens is 2. The highest BCUT2D eigenvalue weighted by Crippen LogP contribution is 2.19. The summed E-state index contributed by atoms with van der Waals surface area (Å²) < 4.78 is 26.6. The van der Waals surface area contributed by atoms with E-state index in [0.29, 0.717) is 29.8 Å². The molecule has 2 N–H and O–H groups in total. The van der Waals surface area contributed by atoms with Gasteiger partial charge in [0, 0.05) is 25.9 Å². The minimum atomic E-state index is -3.52. The molecule has 1 atom stereocenters. The molecule has 0 fully saturated rings. The summed E-state index contributed by atoms with van der Waals surface area (Å²) in [5, 5.41) is 2.89. The molecule has 1 amide bonds. The molecule has 32 heavy (non-hydrogen) atoms. The molecule has 170 valence electrons. The van der Waals surface area contributed by atoms with Gasteiger partial charge in [0.05, 0.1) is 22.0 Å². The van der Waals surface area contributed by atoms with Gasteiger partial charge < -0.3 is 10.3 Å². The van der Waals surface area contributed by atoms with Gasteiger partial charge in [-0.05, 0) is 36.8 Å². The lowest BCUT2D eigenvalue weighted by atomic mass is 10.1. The van der Waals surface area contributed by atoms with Crippen LogP contribution in [0.4, 0.5) is 0 Å². The van der Waals surface area contributed by atoms with Gasteiger partial charge in [-0.1, -0.05) is 38.1 Å². The van der Waals surface area contributed by atoms with Crippen LogP contribution < -0.4 is 10.9 Å². The van der Waals surface area contributed by atoms with Crippen LogP contribution in [0.3, 0.4) is 0 Å². The maximum absolute atomic E-state index is 12.6. The number of hydrogen-bond donors (Lipinski definition) is 2. The number of H-pyrrole nitrogens is 1. The van der Waals surface area contributed by atoms with Gasteiger partial charge in [-0.25, -0.2) is 13.4 Å². The predicted octanol–water partition coefficient (Wildman–Crippen LogP) is 2.76. The van der Waals surface area contributed by atoms with Crippen LogP contribution in [0.5, 0.6) is 0 Å². The Kier molecular flexibility index (Phi) is 7.42. The van der Waals surface area contributed by atoms with Crippen molar-refractivity contribution in [2.24, 2.45) is 0 Å². The van der Waals surface area contributed by atoms with E-state index in [1.807, 2.05) is 19.1 Å². The van der Waals surface area contributed by atoms with E-state index >= 15 is 0 Å². The fourth-order valence-corrected chi connectivity index (χ4v) is 4.96. The lowest BCUT2D eigenvalue weighted by Crippen LogP contribution is -2.30. The molecule has 9 heteroatoms. The first-order valence-electron chi connectivity index (χ1n) is 10.6. The zero-order valence-electron chi connectivity index (χ0n) is 18.5. The highest BCUT2D eigenvalue weighted by atomic mass is 32.2. The lowest BCUT2D eigenvalue weighted by molar-refractivity contribution is -0.121. The summed E-state index contributed by atoms with van der Waals surface area (Å²) in [7, 11) is -3.52. The van der Waals surface area contributed by atoms with E-state index in [-0.39, 0.29) is 35.2 Å². The predicted molar refractivity (Wildman–Crippen MR) is 124 cm³/mol. The third-order valence-electron chi connectivity index (χ3n) is 5.36. The standard InChI is InChI=1S/C23H28N4O4S/c1-4-27(5-2)32(30,31)18-12-10-17(11-13-18)16(3)24-22(28)15-14-21-23(29)26-20-9-7-6-8-19(20)25-21/h6-13,16H,4-5,14-15H2,1-3H3,(H,24,28)(H,26,29). The molecular formula is C23H28N4O4S. The van der Waals surface area contributed by atoms with Gasteiger partial charge in [-0.3, -0.25) is 9.59 Å². The molecule has 1 unspecified atom stereocenters. The van der Waals surface area contributed by atoms with E-state index in [9.17, 15) is 18.0 Å². The van der Waals surface area contributed by atoms with Crippen LogP contribution in [0.1, 0.15) is 44.5 Å². The average molecular weight is 457 g/mol. The SMILES string of the molecule is CCN(CC)S(=O)(=O)c1ccc(C(C)NC(=O)CCc2nc3ccccc3[nH]c2=O)cc1. The van der Waals surface area contributed by atoms with Gasteiger partial charge in [0.2, 0.25) is 15.9 Å². The zero-order valence-corrected chi connectivity index (χ0v) is 19.3. The smallest absolute Gasteiger partial charge is 0.270 e. The van der Waals surface area contributed by atoms with Crippen molar-refractivity contribution in [2.45, 2.75) is 44.6 Å². The summed E-state index contributed by atoms with van der Waals surface area (Å²) >= 11 is 0. The fraction of sp³-hybridized carbons (Fsp3) is 0.348. The molecule has 3 rings (SSSR count). The highest BCUT2D eigenvalue weighted by Gasteiger charge is 2.21. The first kappa shape index (κ1) is 23.6. The van der Waals surface area contributed by atoms with Gasteiger partial charge >= 0.3 is 0 Å². The minimum absolute atomic E-state index is 0.118. The first-order chi connectivity index (χ1) is 15.3. The Morgan fingerprint density at radius 3 is 2.41 bits per heavy atom. The maximum Gasteiger partial charge on any atom is 0.270 e. The molecule has 8 nitrogen and oxygen atoms in total. The average Bonchev–Trinajstić information content (AvgIpc) is 2.78. The molecule has 0 saturated heterocycles. The number of amides is 1. The molecule has 0 bridgehead atoms. The Hall–Kier alpha value is -3.04. The molecule has 1 aromatic heterocycles. The monoisotopic (exact) mass is 456 g/mol. The molecule has 0 radical (unpaired) electrons. The van der Waals surface area contributed by atoms with E-state index in [1.54, 1.807) is 50.2 Å². The Bertz CT molecular complexity index is 1250. The van der Waals surface area contributed by atoms with Crippen LogP contribution in [0, 0.1) is 0 Å². The number of hydrogen-bond acceptors (Lipinski definition) is 5. The van der Waals surface area contributed by atoms with Gasteiger partial charge in [-0.2, -0.15) is 4.31 Å². The molecule has 1 heterocycles. The highest BCUT2D eigenvalue weighted by molar-refractivity contribution is 7.89. The molecule has 0 saturated carbocycles. The van der Waals surface area contributed by atoms with Crippen molar-refractivity contribution in [3.05, 3.63) is 70.1 Å². The van der Waals surface area contributed by atoms with Crippen LogP contribution in [-0.2, 0) is 21.2 Å². The number of nitrogens with one attached hydrogen (secondary N) is 2. The zero-order chi connectivity index (χ0) is 23.3. The Morgan fingerprint density at radius 2 is 1.75 bits per heavy atom. The second-order valence-corrected chi connectivity index (χ2v) is 9.42. The molecule has 0 aliphatic carbocycles. The number of carbonyl (C=O) groups excluding carboxylic acids is 1. The molecule has 0 spiro atoms. The molecule has 3 aromatic rings. The van der Waals surface area contributed by atoms with E-state index < -0.39 is 10.0 Å². The second-order valence-electron chi connectivity index (χ2n) is 7.48. The molecular weight excluding hydrogens is 428 g/mol. The third kappa shape index (κ3) is 5.23. The quantitative estimate of drug-likeness (QED) is 0.514. The fourth-order valence-electron chi connectivity index (χ4n) is 3.51. The van der Waals surface area contributed by atoms with Gasteiger partial charge in [0.15, 0.2) is 0 Å². The largest absolute Gasteiger partial charge is 0.350 e. The van der Waals surface area contributed by atoms with Crippen LogP contribution in [-0.4, -0.2) is 41.7 Å². The van der Waals surface area contributed by atoms with Crippen molar-refractivity contribution in [1.29, 1.82) is 0 Å². The number of para-hydroxylation sites is 2. The number of rotatable bonds is 9. The van der Waals surface area contributed by atoms with Gasteiger partial charge in [0.1, 0.15) is 5.69 Å². The Labute approximate surface area is 187 Å². The first-order valence-corrected chi connectivity index (χ1v) is 12.1. The summed E-state index contributed by atoms with van der Waals surface area (Å²) in [6, 6.07) is 13.5. The normalized spacial score (nSPS) is 12.8. The molecule has 0 aliphatic heterocycles. The lowest BCUT2D eigenvalue weighted by Gasteiger charge is -2.19. The van der Waals surface area contributed by atoms with E-state index in [1.165, 1.54) is 4.31 Å². The summed E-state index contributed by atoms with van der Waals surface area (Å²) in [6.07, 6.45) is 0.340. The van der Waals surface area contributed by atoms with Crippen molar-refractivity contribution in [3.8, 4) is 0 Å². The van der Waals surface area contributed by atoms with Crippen LogP contribution in [0.15, 0.2) is 58.2 Å². The topological polar surface area (TPSA) is 112 Å². The summed E-state index contributed by atoms with van der Waals surface area (Å²) in [4.78, 5) is 32.0. The molecule has 2 aromatic carbocycles. The van der Waals surface area contributed by atoms with Crippen molar-refractivity contribution in [3.63, 3.8) is 0 Å². The number of aromatic amines is 1. The van der Waals surface area contributed by atoms with Crippen LogP contribution in [0.2, 0.25) is 0 Å². The van der Waals surface area contributed by atoms with E-state index in [4.69, 9.17) is 0 Å². The minimum Gasteiger partial charge on any atom is -0.350 e. The number of fused-ring (bicyclic) bond motifs is 1. The number of carbonyl (C=O) groups is 1.